The molecule has 1 amide bonds. The fourth-order valence-electron chi connectivity index (χ4n) is 2.57. The number of carbonyl (C=O) groups excluding carboxylic acids is 1. The second kappa shape index (κ2) is 5.69. The van der Waals surface area contributed by atoms with E-state index in [-0.39, 0.29) is 11.6 Å². The molecule has 1 aliphatic rings. The van der Waals surface area contributed by atoms with E-state index in [1.54, 1.807) is 17.4 Å². The predicted octanol–water partition coefficient (Wildman–Crippen LogP) is 2.22. The molecular formula is C14H15N3O3S. The van der Waals surface area contributed by atoms with Crippen molar-refractivity contribution >= 4 is 23.2 Å². The van der Waals surface area contributed by atoms with Crippen molar-refractivity contribution in [2.75, 3.05) is 6.54 Å². The van der Waals surface area contributed by atoms with Crippen LogP contribution in [0, 0.1) is 0 Å². The summed E-state index contributed by atoms with van der Waals surface area (Å²) < 4.78 is 0. The zero-order valence-corrected chi connectivity index (χ0v) is 12.1. The Morgan fingerprint density at radius 3 is 3.00 bits per heavy atom. The van der Waals surface area contributed by atoms with Crippen molar-refractivity contribution in [1.29, 1.82) is 0 Å². The number of carbonyl (C=O) groups is 2. The van der Waals surface area contributed by atoms with Gasteiger partial charge in [0, 0.05) is 6.54 Å². The molecule has 2 aromatic heterocycles. The smallest absolute Gasteiger partial charge is 0.326 e. The van der Waals surface area contributed by atoms with Crippen molar-refractivity contribution in [1.82, 2.24) is 15.1 Å². The molecule has 2 aromatic rings. The van der Waals surface area contributed by atoms with E-state index in [2.05, 4.69) is 10.2 Å². The van der Waals surface area contributed by atoms with Gasteiger partial charge in [-0.2, -0.15) is 5.10 Å². The molecule has 2 N–H and O–H groups in total. The lowest BCUT2D eigenvalue weighted by Gasteiger charge is -2.32. The van der Waals surface area contributed by atoms with Gasteiger partial charge in [-0.25, -0.2) is 4.79 Å². The Labute approximate surface area is 125 Å². The van der Waals surface area contributed by atoms with Crippen LogP contribution in [0.3, 0.4) is 0 Å². The molecule has 1 aliphatic heterocycles. The summed E-state index contributed by atoms with van der Waals surface area (Å²) in [7, 11) is 0. The summed E-state index contributed by atoms with van der Waals surface area (Å²) >= 11 is 1.55. The van der Waals surface area contributed by atoms with Crippen LogP contribution in [0.1, 0.15) is 29.8 Å². The second-order valence-electron chi connectivity index (χ2n) is 4.99. The number of piperidine rings is 1. The molecule has 21 heavy (non-hydrogen) atoms. The number of aromatic amines is 1. The van der Waals surface area contributed by atoms with E-state index >= 15 is 0 Å². The van der Waals surface area contributed by atoms with Gasteiger partial charge in [0.15, 0.2) is 5.69 Å². The SMILES string of the molecule is O=C(O)C1CCCCN1C(=O)c1cc(-c2cccs2)[nH]n1. The first-order valence-electron chi connectivity index (χ1n) is 6.80. The topological polar surface area (TPSA) is 86.3 Å². The first-order chi connectivity index (χ1) is 10.2. The standard InChI is InChI=1S/C14H15N3O3S/c18-13(17-6-2-1-4-11(17)14(19)20)10-8-9(15-16-10)12-5-3-7-21-12/h3,5,7-8,11H,1-2,4,6H2,(H,15,16)(H,19,20). The molecule has 0 aromatic carbocycles. The first kappa shape index (κ1) is 13.8. The lowest BCUT2D eigenvalue weighted by Crippen LogP contribution is -2.48. The quantitative estimate of drug-likeness (QED) is 0.910. The average Bonchev–Trinajstić information content (AvgIpc) is 3.17. The Morgan fingerprint density at radius 1 is 1.43 bits per heavy atom. The number of hydrogen-bond donors (Lipinski definition) is 2. The van der Waals surface area contributed by atoms with Gasteiger partial charge in [0.2, 0.25) is 0 Å². The number of H-pyrrole nitrogens is 1. The number of hydrogen-bond acceptors (Lipinski definition) is 4. The minimum atomic E-state index is -0.947. The molecule has 0 aliphatic carbocycles. The number of carboxylic acid groups (broad SMARTS) is 1. The van der Waals surface area contributed by atoms with E-state index in [9.17, 15) is 14.7 Å². The van der Waals surface area contributed by atoms with E-state index in [4.69, 9.17) is 0 Å². The summed E-state index contributed by atoms with van der Waals surface area (Å²) in [5.74, 6) is -1.27. The number of nitrogens with one attached hydrogen (secondary N) is 1. The summed E-state index contributed by atoms with van der Waals surface area (Å²) in [5, 5.41) is 18.1. The van der Waals surface area contributed by atoms with Gasteiger partial charge >= 0.3 is 5.97 Å². The van der Waals surface area contributed by atoms with Gasteiger partial charge in [-0.15, -0.1) is 11.3 Å². The Balaban J connectivity index is 1.83. The van der Waals surface area contributed by atoms with Gasteiger partial charge in [-0.05, 0) is 36.8 Å². The summed E-state index contributed by atoms with van der Waals surface area (Å²) in [6.07, 6.45) is 2.17. The Hall–Kier alpha value is -2.15. The van der Waals surface area contributed by atoms with Crippen molar-refractivity contribution < 1.29 is 14.7 Å². The van der Waals surface area contributed by atoms with Crippen LogP contribution in [0.4, 0.5) is 0 Å². The molecule has 6 nitrogen and oxygen atoms in total. The monoisotopic (exact) mass is 305 g/mol. The number of aromatic nitrogens is 2. The molecule has 0 saturated carbocycles. The van der Waals surface area contributed by atoms with Gasteiger partial charge in [0.25, 0.3) is 5.91 Å². The zero-order chi connectivity index (χ0) is 14.8. The molecule has 7 heteroatoms. The molecule has 1 unspecified atom stereocenters. The van der Waals surface area contributed by atoms with E-state index in [1.165, 1.54) is 4.90 Å². The van der Waals surface area contributed by atoms with Crippen LogP contribution in [0.15, 0.2) is 23.6 Å². The molecule has 110 valence electrons. The largest absolute Gasteiger partial charge is 0.480 e. The van der Waals surface area contributed by atoms with Crippen LogP contribution in [0.2, 0.25) is 0 Å². The highest BCUT2D eigenvalue weighted by Crippen LogP contribution is 2.25. The number of carboxylic acids is 1. The minimum absolute atomic E-state index is 0.270. The summed E-state index contributed by atoms with van der Waals surface area (Å²) in [6, 6.07) is 4.80. The maximum atomic E-state index is 12.5. The predicted molar refractivity (Wildman–Crippen MR) is 78.2 cm³/mol. The zero-order valence-electron chi connectivity index (χ0n) is 11.3. The molecule has 1 fully saturated rings. The summed E-state index contributed by atoms with van der Waals surface area (Å²) in [6.45, 7) is 0.469. The van der Waals surface area contributed by atoms with Gasteiger partial charge in [0.1, 0.15) is 6.04 Å². The lowest BCUT2D eigenvalue weighted by atomic mass is 10.0. The fourth-order valence-corrected chi connectivity index (χ4v) is 3.26. The molecule has 3 rings (SSSR count). The van der Waals surface area contributed by atoms with Crippen LogP contribution in [0.25, 0.3) is 10.6 Å². The number of likely N-dealkylation sites (tertiary alicyclic amines) is 1. The van der Waals surface area contributed by atoms with Crippen molar-refractivity contribution in [3.8, 4) is 10.6 Å². The maximum absolute atomic E-state index is 12.5. The van der Waals surface area contributed by atoms with E-state index in [1.807, 2.05) is 17.5 Å². The maximum Gasteiger partial charge on any atom is 0.326 e. The van der Waals surface area contributed by atoms with Crippen LogP contribution in [-0.4, -0.2) is 44.7 Å². The Morgan fingerprint density at radius 2 is 2.29 bits per heavy atom. The van der Waals surface area contributed by atoms with Gasteiger partial charge in [-0.1, -0.05) is 6.07 Å². The molecule has 1 saturated heterocycles. The number of aliphatic carboxylic acids is 1. The Kier molecular flexibility index (Phi) is 3.74. The molecule has 3 heterocycles. The highest BCUT2D eigenvalue weighted by Gasteiger charge is 2.33. The average molecular weight is 305 g/mol. The van der Waals surface area contributed by atoms with E-state index in [0.717, 1.165) is 23.4 Å². The van der Waals surface area contributed by atoms with E-state index in [0.29, 0.717) is 13.0 Å². The van der Waals surface area contributed by atoms with E-state index < -0.39 is 12.0 Å². The third-order valence-electron chi connectivity index (χ3n) is 3.63. The molecule has 0 radical (unpaired) electrons. The van der Waals surface area contributed by atoms with Crippen molar-refractivity contribution in [2.24, 2.45) is 0 Å². The third kappa shape index (κ3) is 2.69. The first-order valence-corrected chi connectivity index (χ1v) is 7.68. The summed E-state index contributed by atoms with van der Waals surface area (Å²) in [4.78, 5) is 26.2. The van der Waals surface area contributed by atoms with Gasteiger partial charge in [0.05, 0.1) is 10.6 Å². The number of rotatable bonds is 3. The minimum Gasteiger partial charge on any atom is -0.480 e. The number of thiophene rings is 1. The van der Waals surface area contributed by atoms with Crippen LogP contribution < -0.4 is 0 Å². The number of nitrogens with zero attached hydrogens (tertiary/aromatic N) is 2. The number of amides is 1. The molecule has 0 bridgehead atoms. The third-order valence-corrected chi connectivity index (χ3v) is 4.54. The summed E-state index contributed by atoms with van der Waals surface area (Å²) in [5.41, 5.74) is 1.05. The normalized spacial score (nSPS) is 18.7. The van der Waals surface area contributed by atoms with Crippen LogP contribution >= 0.6 is 11.3 Å². The van der Waals surface area contributed by atoms with Crippen molar-refractivity contribution in [3.05, 3.63) is 29.3 Å². The molecule has 0 spiro atoms. The van der Waals surface area contributed by atoms with Crippen LogP contribution in [0.5, 0.6) is 0 Å². The van der Waals surface area contributed by atoms with Gasteiger partial charge in [-0.3, -0.25) is 9.89 Å². The highest BCUT2D eigenvalue weighted by atomic mass is 32.1. The Bertz CT molecular complexity index is 650. The lowest BCUT2D eigenvalue weighted by molar-refractivity contribution is -0.143. The van der Waals surface area contributed by atoms with Gasteiger partial charge < -0.3 is 10.0 Å². The van der Waals surface area contributed by atoms with Crippen molar-refractivity contribution in [2.45, 2.75) is 25.3 Å². The highest BCUT2D eigenvalue weighted by molar-refractivity contribution is 7.13. The molecular weight excluding hydrogens is 290 g/mol. The van der Waals surface area contributed by atoms with Crippen LogP contribution in [-0.2, 0) is 4.79 Å². The van der Waals surface area contributed by atoms with Crippen molar-refractivity contribution in [3.63, 3.8) is 0 Å². The fraction of sp³-hybridized carbons (Fsp3) is 0.357. The second-order valence-corrected chi connectivity index (χ2v) is 5.94. The molecule has 1 atom stereocenters.